The molecule has 0 aromatic heterocycles. The first-order chi connectivity index (χ1) is 5.02. The topological polar surface area (TPSA) is 26.0 Å². The van der Waals surface area contributed by atoms with Crippen molar-refractivity contribution in [3.05, 3.63) is 42.6 Å². The van der Waals surface area contributed by atoms with E-state index in [1.807, 2.05) is 0 Å². The monoisotopic (exact) mass is 152 g/mol. The smallest absolute Gasteiger partial charge is 0.128 e. The summed E-state index contributed by atoms with van der Waals surface area (Å²) in [4.78, 5) is 0. The quantitative estimate of drug-likeness (QED) is 0.652. The molecule has 1 aromatic carbocycles. The first kappa shape index (κ1) is 8.21. The van der Waals surface area contributed by atoms with Gasteiger partial charge in [0.15, 0.2) is 0 Å². The Labute approximate surface area is 66.0 Å². The summed E-state index contributed by atoms with van der Waals surface area (Å²) >= 11 is 0. The number of hydrogen-bond donors (Lipinski definition) is 1. The van der Waals surface area contributed by atoms with E-state index in [-0.39, 0.29) is 5.82 Å². The van der Waals surface area contributed by atoms with E-state index in [1.165, 1.54) is 6.07 Å². The van der Waals surface area contributed by atoms with Crippen molar-refractivity contribution in [1.29, 1.82) is 0 Å². The molecule has 0 saturated carbocycles. The normalized spacial score (nSPS) is 11.6. The molecule has 1 nitrogen and oxygen atoms in total. The van der Waals surface area contributed by atoms with Crippen LogP contribution in [-0.2, 0) is 5.54 Å². The van der Waals surface area contributed by atoms with E-state index in [0.29, 0.717) is 5.56 Å². The highest BCUT2D eigenvalue weighted by Gasteiger charge is 2.17. The van der Waals surface area contributed by atoms with Crippen LogP contribution in [0.25, 0.3) is 0 Å². The van der Waals surface area contributed by atoms with Gasteiger partial charge in [0, 0.05) is 11.1 Å². The lowest BCUT2D eigenvalue weighted by atomic mass is 9.95. The zero-order valence-corrected chi connectivity index (χ0v) is 6.47. The predicted octanol–water partition coefficient (Wildman–Crippen LogP) is 1.83. The second-order valence-electron chi connectivity index (χ2n) is 2.90. The largest absolute Gasteiger partial charge is 0.322 e. The lowest BCUT2D eigenvalue weighted by Gasteiger charge is -2.18. The summed E-state index contributed by atoms with van der Waals surface area (Å²) in [5.74, 6) is -0.299. The van der Waals surface area contributed by atoms with Crippen molar-refractivity contribution in [2.24, 2.45) is 5.73 Å². The minimum Gasteiger partial charge on any atom is -0.322 e. The van der Waals surface area contributed by atoms with Crippen molar-refractivity contribution in [2.75, 3.05) is 0 Å². The zero-order valence-electron chi connectivity index (χ0n) is 6.47. The molecule has 0 spiro atoms. The maximum absolute atomic E-state index is 13.0. The maximum atomic E-state index is 13.0. The molecule has 1 aromatic rings. The number of rotatable bonds is 1. The van der Waals surface area contributed by atoms with Gasteiger partial charge in [-0.15, -0.1) is 0 Å². The molecule has 0 heterocycles. The molecule has 0 aliphatic heterocycles. The third kappa shape index (κ3) is 1.77. The van der Waals surface area contributed by atoms with E-state index in [1.54, 1.807) is 25.1 Å². The summed E-state index contributed by atoms with van der Waals surface area (Å²) in [6, 6.07) is 6.40. The van der Waals surface area contributed by atoms with E-state index < -0.39 is 5.54 Å². The van der Waals surface area contributed by atoms with E-state index in [9.17, 15) is 4.39 Å². The van der Waals surface area contributed by atoms with Gasteiger partial charge in [-0.05, 0) is 19.9 Å². The predicted molar refractivity (Wildman–Crippen MR) is 43.3 cm³/mol. The summed E-state index contributed by atoms with van der Waals surface area (Å²) in [7, 11) is 0. The van der Waals surface area contributed by atoms with Crippen LogP contribution < -0.4 is 5.73 Å². The Morgan fingerprint density at radius 2 is 2.00 bits per heavy atom. The van der Waals surface area contributed by atoms with Crippen LogP contribution in [0, 0.1) is 12.7 Å². The lowest BCUT2D eigenvalue weighted by Crippen LogP contribution is -2.30. The van der Waals surface area contributed by atoms with Crippen molar-refractivity contribution in [3.8, 4) is 0 Å². The van der Waals surface area contributed by atoms with Gasteiger partial charge in [-0.25, -0.2) is 4.39 Å². The van der Waals surface area contributed by atoms with Crippen molar-refractivity contribution >= 4 is 0 Å². The van der Waals surface area contributed by atoms with Crippen LogP contribution in [0.2, 0.25) is 0 Å². The molecule has 59 valence electrons. The van der Waals surface area contributed by atoms with Crippen LogP contribution in [0.1, 0.15) is 12.5 Å². The lowest BCUT2D eigenvalue weighted by molar-refractivity contribution is 0.541. The van der Waals surface area contributed by atoms with Gasteiger partial charge in [0.2, 0.25) is 0 Å². The number of nitrogens with two attached hydrogens (primary N) is 1. The van der Waals surface area contributed by atoms with Gasteiger partial charge in [-0.2, -0.15) is 0 Å². The Hall–Kier alpha value is -0.890. The molecule has 0 fully saturated rings. The van der Waals surface area contributed by atoms with Crippen LogP contribution in [0.15, 0.2) is 24.3 Å². The van der Waals surface area contributed by atoms with Crippen LogP contribution in [0.3, 0.4) is 0 Å². The average Bonchev–Trinajstić information content (AvgIpc) is 1.86. The van der Waals surface area contributed by atoms with Gasteiger partial charge in [0.1, 0.15) is 5.82 Å². The number of halogens is 1. The minimum atomic E-state index is -0.842. The van der Waals surface area contributed by atoms with Crippen LogP contribution in [-0.4, -0.2) is 0 Å². The summed E-state index contributed by atoms with van der Waals surface area (Å²) in [6.45, 7) is 5.31. The maximum Gasteiger partial charge on any atom is 0.128 e. The van der Waals surface area contributed by atoms with E-state index in [0.717, 1.165) is 0 Å². The van der Waals surface area contributed by atoms with Gasteiger partial charge >= 0.3 is 0 Å². The highest BCUT2D eigenvalue weighted by atomic mass is 19.1. The molecular formula is C9H11FN. The number of hydrogen-bond acceptors (Lipinski definition) is 1. The summed E-state index contributed by atoms with van der Waals surface area (Å²) in [6.07, 6.45) is 0. The molecule has 0 aliphatic rings. The third-order valence-corrected chi connectivity index (χ3v) is 1.49. The Morgan fingerprint density at radius 1 is 1.45 bits per heavy atom. The SMILES string of the molecule is [CH2]C(C)(N)c1ccccc1F. The number of benzene rings is 1. The van der Waals surface area contributed by atoms with E-state index >= 15 is 0 Å². The third-order valence-electron chi connectivity index (χ3n) is 1.49. The van der Waals surface area contributed by atoms with E-state index in [2.05, 4.69) is 6.92 Å². The minimum absolute atomic E-state index is 0.299. The second kappa shape index (κ2) is 2.62. The summed E-state index contributed by atoms with van der Waals surface area (Å²) < 4.78 is 13.0. The van der Waals surface area contributed by atoms with Crippen LogP contribution in [0.4, 0.5) is 4.39 Å². The van der Waals surface area contributed by atoms with E-state index in [4.69, 9.17) is 5.73 Å². The molecule has 1 atom stereocenters. The Morgan fingerprint density at radius 3 is 2.36 bits per heavy atom. The first-order valence-electron chi connectivity index (χ1n) is 3.41. The Balaban J connectivity index is 3.14. The molecule has 11 heavy (non-hydrogen) atoms. The van der Waals surface area contributed by atoms with Crippen LogP contribution >= 0.6 is 0 Å². The van der Waals surface area contributed by atoms with Gasteiger partial charge in [-0.1, -0.05) is 18.2 Å². The van der Waals surface area contributed by atoms with Crippen molar-refractivity contribution < 1.29 is 4.39 Å². The molecule has 0 saturated heterocycles. The molecule has 0 amide bonds. The van der Waals surface area contributed by atoms with Gasteiger partial charge in [0.25, 0.3) is 0 Å². The second-order valence-corrected chi connectivity index (χ2v) is 2.90. The molecule has 1 radical (unpaired) electrons. The Bertz CT molecular complexity index is 250. The zero-order chi connectivity index (χ0) is 8.48. The molecule has 0 bridgehead atoms. The average molecular weight is 152 g/mol. The summed E-state index contributed by atoms with van der Waals surface area (Å²) in [5.41, 5.74) is 5.21. The Kier molecular flexibility index (Phi) is 1.96. The van der Waals surface area contributed by atoms with Gasteiger partial charge in [-0.3, -0.25) is 0 Å². The van der Waals surface area contributed by atoms with Crippen molar-refractivity contribution in [1.82, 2.24) is 0 Å². The first-order valence-corrected chi connectivity index (χ1v) is 3.41. The molecule has 1 unspecified atom stereocenters. The molecule has 1 rings (SSSR count). The highest BCUT2D eigenvalue weighted by Crippen LogP contribution is 2.18. The van der Waals surface area contributed by atoms with Gasteiger partial charge in [0.05, 0.1) is 0 Å². The standard InChI is InChI=1S/C9H11FN/c1-9(2,11)7-5-3-4-6-8(7)10/h3-6H,1,11H2,2H3. The van der Waals surface area contributed by atoms with Gasteiger partial charge < -0.3 is 5.73 Å². The fourth-order valence-corrected chi connectivity index (χ4v) is 0.924. The fourth-order valence-electron chi connectivity index (χ4n) is 0.924. The van der Waals surface area contributed by atoms with Crippen LogP contribution in [0.5, 0.6) is 0 Å². The van der Waals surface area contributed by atoms with Crippen molar-refractivity contribution in [2.45, 2.75) is 12.5 Å². The molecule has 2 N–H and O–H groups in total. The molecule has 0 aliphatic carbocycles. The molecular weight excluding hydrogens is 141 g/mol. The summed E-state index contributed by atoms with van der Waals surface area (Å²) in [5, 5.41) is 0. The fraction of sp³-hybridized carbons (Fsp3) is 0.222. The van der Waals surface area contributed by atoms with Crippen molar-refractivity contribution in [3.63, 3.8) is 0 Å². The highest BCUT2D eigenvalue weighted by molar-refractivity contribution is 5.25. The molecule has 2 heteroatoms.